The number of hydrogen-bond donors (Lipinski definition) is 0. The average Bonchev–Trinajstić information content (AvgIpc) is 2.97. The number of esters is 2. The molecule has 1 saturated heterocycles. The zero-order valence-electron chi connectivity index (χ0n) is 28.0. The van der Waals surface area contributed by atoms with Crippen molar-refractivity contribution in [3.05, 3.63) is 0 Å². The van der Waals surface area contributed by atoms with Crippen LogP contribution in [-0.4, -0.2) is 44.7 Å². The van der Waals surface area contributed by atoms with E-state index in [9.17, 15) is 9.59 Å². The number of hydrogen-bond acceptors (Lipinski definition) is 6. The first-order valence-corrected chi connectivity index (χ1v) is 18.7. The lowest BCUT2D eigenvalue weighted by Crippen LogP contribution is -2.52. The predicted octanol–water partition coefficient (Wildman–Crippen LogP) is 8.11. The van der Waals surface area contributed by atoms with Gasteiger partial charge in [0.05, 0.1) is 30.0 Å². The highest BCUT2D eigenvalue weighted by atomic mass is 16.7. The van der Waals surface area contributed by atoms with Gasteiger partial charge in [0, 0.05) is 5.92 Å². The summed E-state index contributed by atoms with van der Waals surface area (Å²) in [4.78, 5) is 27.3. The summed E-state index contributed by atoms with van der Waals surface area (Å²) in [5.74, 6) is 4.37. The summed E-state index contributed by atoms with van der Waals surface area (Å²) in [5, 5.41) is 0. The molecule has 0 N–H and O–H groups in total. The van der Waals surface area contributed by atoms with Gasteiger partial charge >= 0.3 is 11.9 Å². The van der Waals surface area contributed by atoms with Gasteiger partial charge in [-0.1, -0.05) is 46.5 Å². The molecule has 7 fully saturated rings. The second-order valence-electron chi connectivity index (χ2n) is 18.1. The Morgan fingerprint density at radius 1 is 0.705 bits per heavy atom. The summed E-state index contributed by atoms with van der Waals surface area (Å²) in [6.45, 7) is 8.34. The number of ether oxygens (including phenoxy) is 4. The first-order chi connectivity index (χ1) is 21.1. The molecule has 0 amide bonds. The highest BCUT2D eigenvalue weighted by molar-refractivity contribution is 5.77. The Kier molecular flexibility index (Phi) is 8.92. The van der Waals surface area contributed by atoms with E-state index in [2.05, 4.69) is 20.8 Å². The molecule has 6 bridgehead atoms. The fourth-order valence-electron chi connectivity index (χ4n) is 12.1. The molecule has 44 heavy (non-hydrogen) atoms. The third kappa shape index (κ3) is 6.64. The highest BCUT2D eigenvalue weighted by Gasteiger charge is 2.51. The van der Waals surface area contributed by atoms with Crippen molar-refractivity contribution < 1.29 is 28.5 Å². The molecule has 0 aromatic heterocycles. The molecule has 1 heterocycles. The van der Waals surface area contributed by atoms with Crippen LogP contribution < -0.4 is 0 Å². The van der Waals surface area contributed by atoms with E-state index in [0.717, 1.165) is 56.8 Å². The van der Waals surface area contributed by atoms with Crippen LogP contribution in [0.2, 0.25) is 0 Å². The second-order valence-corrected chi connectivity index (χ2v) is 18.1. The van der Waals surface area contributed by atoms with E-state index in [1.807, 2.05) is 0 Å². The van der Waals surface area contributed by atoms with E-state index in [4.69, 9.17) is 18.9 Å². The Balaban J connectivity index is 1.01. The monoisotopic (exact) mass is 612 g/mol. The zero-order chi connectivity index (χ0) is 30.5. The molecule has 6 nitrogen and oxygen atoms in total. The molecule has 1 aliphatic heterocycles. The first kappa shape index (κ1) is 31.5. The molecule has 8 atom stereocenters. The summed E-state index contributed by atoms with van der Waals surface area (Å²) in [6.07, 6.45) is 19.6. The molecule has 7 rings (SSSR count). The van der Waals surface area contributed by atoms with Crippen molar-refractivity contribution in [2.45, 2.75) is 136 Å². The Morgan fingerprint density at radius 3 is 2.09 bits per heavy atom. The standard InChI is InChI=1S/C38H60O6/c1-25-10-29-13-30(11-25)16-31(15-29)33(39)41-21-37(24-44-35(40)38-9-5-7-27(19-38)12-26(2)17-38)22-42-34(43-23-37)32-14-28-6-4-8-36(3,18-28)20-32/h25-32,34H,4-24H2,1-3H3. The van der Waals surface area contributed by atoms with Crippen LogP contribution in [0.15, 0.2) is 0 Å². The highest BCUT2D eigenvalue weighted by Crippen LogP contribution is 2.54. The van der Waals surface area contributed by atoms with Gasteiger partial charge in [-0.25, -0.2) is 0 Å². The van der Waals surface area contributed by atoms with E-state index in [0.29, 0.717) is 48.2 Å². The first-order valence-electron chi connectivity index (χ1n) is 18.7. The van der Waals surface area contributed by atoms with Crippen LogP contribution in [0.3, 0.4) is 0 Å². The van der Waals surface area contributed by atoms with Gasteiger partial charge in [-0.15, -0.1) is 0 Å². The van der Waals surface area contributed by atoms with Gasteiger partial charge in [0.1, 0.15) is 13.2 Å². The van der Waals surface area contributed by atoms with Crippen molar-refractivity contribution >= 4 is 11.9 Å². The Labute approximate surface area is 266 Å². The van der Waals surface area contributed by atoms with E-state index >= 15 is 0 Å². The summed E-state index contributed by atoms with van der Waals surface area (Å²) >= 11 is 0. The molecule has 8 unspecified atom stereocenters. The van der Waals surface area contributed by atoms with Crippen molar-refractivity contribution in [1.82, 2.24) is 0 Å². The maximum atomic E-state index is 13.8. The normalized spacial score (nSPS) is 48.7. The second kappa shape index (κ2) is 12.5. The fraction of sp³-hybridized carbons (Fsp3) is 0.947. The molecule has 0 aromatic rings. The van der Waals surface area contributed by atoms with Crippen LogP contribution >= 0.6 is 0 Å². The molecule has 0 radical (unpaired) electrons. The lowest BCUT2D eigenvalue weighted by atomic mass is 9.59. The van der Waals surface area contributed by atoms with E-state index in [-0.39, 0.29) is 42.8 Å². The molecular weight excluding hydrogens is 552 g/mol. The average molecular weight is 613 g/mol. The fourth-order valence-corrected chi connectivity index (χ4v) is 12.1. The zero-order valence-corrected chi connectivity index (χ0v) is 28.0. The minimum atomic E-state index is -0.652. The predicted molar refractivity (Wildman–Crippen MR) is 168 cm³/mol. The largest absolute Gasteiger partial charge is 0.465 e. The summed E-state index contributed by atoms with van der Waals surface area (Å²) < 4.78 is 25.6. The lowest BCUT2D eigenvalue weighted by molar-refractivity contribution is -0.274. The lowest BCUT2D eigenvalue weighted by Gasteiger charge is -2.50. The Bertz CT molecular complexity index is 1030. The van der Waals surface area contributed by atoms with Gasteiger partial charge in [-0.2, -0.15) is 0 Å². The SMILES string of the molecule is CC1CC2CC(C1)CC(C(=O)OCC1(COC(=O)C34CCCC(CC(C)C3)C4)COC(C3CC4CCCC(C)(C4)C3)OC1)C2. The van der Waals surface area contributed by atoms with Crippen molar-refractivity contribution in [2.24, 2.45) is 63.6 Å². The topological polar surface area (TPSA) is 71.1 Å². The molecule has 7 aliphatic rings. The molecule has 6 saturated carbocycles. The molecule has 0 spiro atoms. The van der Waals surface area contributed by atoms with Crippen LogP contribution in [0, 0.1) is 63.6 Å². The van der Waals surface area contributed by atoms with Gasteiger partial charge in [0.2, 0.25) is 0 Å². The smallest absolute Gasteiger partial charge is 0.312 e. The van der Waals surface area contributed by atoms with Gasteiger partial charge in [0.25, 0.3) is 0 Å². The molecule has 6 heteroatoms. The van der Waals surface area contributed by atoms with Crippen LogP contribution in [0.5, 0.6) is 0 Å². The van der Waals surface area contributed by atoms with Crippen molar-refractivity contribution in [2.75, 3.05) is 26.4 Å². The van der Waals surface area contributed by atoms with E-state index < -0.39 is 5.41 Å². The van der Waals surface area contributed by atoms with Crippen molar-refractivity contribution in [3.63, 3.8) is 0 Å². The van der Waals surface area contributed by atoms with Crippen LogP contribution in [0.25, 0.3) is 0 Å². The minimum absolute atomic E-state index is 0.00629. The van der Waals surface area contributed by atoms with E-state index in [1.54, 1.807) is 0 Å². The van der Waals surface area contributed by atoms with Gasteiger partial charge < -0.3 is 18.9 Å². The Hall–Kier alpha value is -1.14. The summed E-state index contributed by atoms with van der Waals surface area (Å²) in [6, 6.07) is 0. The Morgan fingerprint density at radius 2 is 1.36 bits per heavy atom. The number of fused-ring (bicyclic) bond motifs is 6. The maximum Gasteiger partial charge on any atom is 0.312 e. The quantitative estimate of drug-likeness (QED) is 0.271. The molecule has 0 aromatic carbocycles. The van der Waals surface area contributed by atoms with Crippen LogP contribution in [0.4, 0.5) is 0 Å². The van der Waals surface area contributed by atoms with Crippen LogP contribution in [0.1, 0.15) is 130 Å². The van der Waals surface area contributed by atoms with Gasteiger partial charge in [-0.3, -0.25) is 9.59 Å². The molecule has 248 valence electrons. The number of carbonyl (C=O) groups excluding carboxylic acids is 2. The van der Waals surface area contributed by atoms with Crippen LogP contribution in [-0.2, 0) is 28.5 Å². The number of rotatable bonds is 7. The number of carbonyl (C=O) groups is 2. The summed E-state index contributed by atoms with van der Waals surface area (Å²) in [5.41, 5.74) is -0.591. The van der Waals surface area contributed by atoms with Crippen molar-refractivity contribution in [3.8, 4) is 0 Å². The third-order valence-electron chi connectivity index (χ3n) is 13.6. The molecular formula is C38H60O6. The minimum Gasteiger partial charge on any atom is -0.465 e. The van der Waals surface area contributed by atoms with Gasteiger partial charge in [-0.05, 0) is 124 Å². The van der Waals surface area contributed by atoms with Crippen molar-refractivity contribution in [1.29, 1.82) is 0 Å². The van der Waals surface area contributed by atoms with Gasteiger partial charge in [0.15, 0.2) is 6.29 Å². The maximum absolute atomic E-state index is 13.8. The third-order valence-corrected chi connectivity index (χ3v) is 13.6. The molecule has 6 aliphatic carbocycles. The summed E-state index contributed by atoms with van der Waals surface area (Å²) in [7, 11) is 0. The van der Waals surface area contributed by atoms with E-state index in [1.165, 1.54) is 64.2 Å².